The molecule has 8 heteroatoms. The van der Waals surface area contributed by atoms with Crippen LogP contribution in [0.1, 0.15) is 33.2 Å². The highest BCUT2D eigenvalue weighted by molar-refractivity contribution is 6.01. The minimum absolute atomic E-state index is 0.0144. The second-order valence-electron chi connectivity index (χ2n) is 5.96. The van der Waals surface area contributed by atoms with Crippen molar-refractivity contribution in [1.82, 2.24) is 0 Å². The molecule has 0 spiro atoms. The summed E-state index contributed by atoms with van der Waals surface area (Å²) in [6.45, 7) is 2.34. The number of Topliss-reactive ketones (excluding diaryl/α,β-unsaturated/α-hetero) is 1. The van der Waals surface area contributed by atoms with Crippen LogP contribution in [0.3, 0.4) is 0 Å². The third-order valence-corrected chi connectivity index (χ3v) is 4.07. The predicted octanol–water partition coefficient (Wildman–Crippen LogP) is 3.26. The number of hydrogen-bond acceptors (Lipinski definition) is 7. The van der Waals surface area contributed by atoms with Crippen LogP contribution >= 0.6 is 0 Å². The van der Waals surface area contributed by atoms with Gasteiger partial charge < -0.3 is 14.8 Å². The number of hydrogen-bond donors (Lipinski definition) is 1. The summed E-state index contributed by atoms with van der Waals surface area (Å²) in [5.41, 5.74) is 1.64. The molecular formula is C20H22N2O6. The van der Waals surface area contributed by atoms with Crippen LogP contribution in [0.4, 0.5) is 11.4 Å². The Hall–Kier alpha value is -3.26. The quantitative estimate of drug-likeness (QED) is 0.219. The van der Waals surface area contributed by atoms with Crippen molar-refractivity contribution >= 4 is 23.1 Å². The maximum absolute atomic E-state index is 12.4. The summed E-state index contributed by atoms with van der Waals surface area (Å²) < 4.78 is 10.0. The Bertz CT molecular complexity index is 848. The monoisotopic (exact) mass is 386 g/mol. The van der Waals surface area contributed by atoms with E-state index in [9.17, 15) is 19.7 Å². The molecule has 0 aliphatic rings. The molecule has 0 saturated carbocycles. The number of nitro benzene ring substituents is 1. The topological polar surface area (TPSA) is 108 Å². The first-order valence-electron chi connectivity index (χ1n) is 8.76. The lowest BCUT2D eigenvalue weighted by molar-refractivity contribution is -0.384. The van der Waals surface area contributed by atoms with Gasteiger partial charge in [0.2, 0.25) is 0 Å². The van der Waals surface area contributed by atoms with Crippen LogP contribution < -0.4 is 5.32 Å². The maximum atomic E-state index is 12.4. The maximum Gasteiger partial charge on any atom is 0.340 e. The summed E-state index contributed by atoms with van der Waals surface area (Å²) in [4.78, 5) is 35.1. The Morgan fingerprint density at radius 1 is 1.14 bits per heavy atom. The van der Waals surface area contributed by atoms with Crippen LogP contribution in [0.5, 0.6) is 0 Å². The molecule has 1 N–H and O–H groups in total. The van der Waals surface area contributed by atoms with E-state index in [2.05, 4.69) is 5.32 Å². The second kappa shape index (κ2) is 10.2. The van der Waals surface area contributed by atoms with E-state index in [1.807, 2.05) is 19.1 Å². The van der Waals surface area contributed by atoms with Gasteiger partial charge in [-0.2, -0.15) is 0 Å². The van der Waals surface area contributed by atoms with Gasteiger partial charge in [-0.1, -0.05) is 31.2 Å². The second-order valence-corrected chi connectivity index (χ2v) is 5.96. The number of esters is 1. The van der Waals surface area contributed by atoms with E-state index in [1.54, 1.807) is 12.1 Å². The van der Waals surface area contributed by atoms with Gasteiger partial charge in [-0.25, -0.2) is 4.79 Å². The molecule has 2 aromatic rings. The number of nitro groups is 1. The van der Waals surface area contributed by atoms with Crippen molar-refractivity contribution in [1.29, 1.82) is 0 Å². The molecule has 0 aliphatic carbocycles. The van der Waals surface area contributed by atoms with Gasteiger partial charge in [0.1, 0.15) is 0 Å². The van der Waals surface area contributed by atoms with Crippen molar-refractivity contribution in [3.05, 3.63) is 69.3 Å². The van der Waals surface area contributed by atoms with E-state index in [0.29, 0.717) is 24.4 Å². The standard InChI is InChI=1S/C20H22N2O6/c1-3-14-4-6-15(7-5-14)19(23)13-28-20(24)17-12-16(22(25)26)8-9-18(17)21-10-11-27-2/h4-9,12,21H,3,10-11,13H2,1-2H3. The van der Waals surface area contributed by atoms with Crippen LogP contribution in [0.2, 0.25) is 0 Å². The van der Waals surface area contributed by atoms with Crippen molar-refractivity contribution in [3.8, 4) is 0 Å². The molecule has 0 heterocycles. The van der Waals surface area contributed by atoms with Gasteiger partial charge in [-0.15, -0.1) is 0 Å². The summed E-state index contributed by atoms with van der Waals surface area (Å²) in [5.74, 6) is -1.17. The zero-order chi connectivity index (χ0) is 20.5. The van der Waals surface area contributed by atoms with E-state index >= 15 is 0 Å². The Balaban J connectivity index is 2.10. The van der Waals surface area contributed by atoms with Crippen molar-refractivity contribution in [2.24, 2.45) is 0 Å². The van der Waals surface area contributed by atoms with Crippen molar-refractivity contribution in [2.45, 2.75) is 13.3 Å². The summed E-state index contributed by atoms with van der Waals surface area (Å²) in [6, 6.07) is 10.9. The molecule has 8 nitrogen and oxygen atoms in total. The first-order chi connectivity index (χ1) is 13.5. The third kappa shape index (κ3) is 5.62. The Labute approximate surface area is 162 Å². The lowest BCUT2D eigenvalue weighted by Crippen LogP contribution is -2.17. The molecule has 0 amide bonds. The molecule has 0 atom stereocenters. The molecular weight excluding hydrogens is 364 g/mol. The number of nitrogens with zero attached hydrogens (tertiary/aromatic N) is 1. The van der Waals surface area contributed by atoms with Crippen LogP contribution in [0.15, 0.2) is 42.5 Å². The number of methoxy groups -OCH3 is 1. The third-order valence-electron chi connectivity index (χ3n) is 4.07. The summed E-state index contributed by atoms with van der Waals surface area (Å²) >= 11 is 0. The molecule has 0 radical (unpaired) electrons. The molecule has 28 heavy (non-hydrogen) atoms. The first-order valence-corrected chi connectivity index (χ1v) is 8.76. The highest BCUT2D eigenvalue weighted by Crippen LogP contribution is 2.23. The largest absolute Gasteiger partial charge is 0.454 e. The minimum atomic E-state index is -0.817. The van der Waals surface area contributed by atoms with Crippen LogP contribution in [-0.4, -0.2) is 43.5 Å². The van der Waals surface area contributed by atoms with Crippen molar-refractivity contribution in [2.75, 3.05) is 32.2 Å². The number of ketones is 1. The van der Waals surface area contributed by atoms with E-state index in [-0.39, 0.29) is 17.0 Å². The lowest BCUT2D eigenvalue weighted by Gasteiger charge is -2.11. The fourth-order valence-corrected chi connectivity index (χ4v) is 2.48. The average Bonchev–Trinajstić information content (AvgIpc) is 2.72. The van der Waals surface area contributed by atoms with Gasteiger partial charge >= 0.3 is 5.97 Å². The molecule has 148 valence electrons. The zero-order valence-corrected chi connectivity index (χ0v) is 15.8. The first kappa shape index (κ1) is 21.0. The van der Waals surface area contributed by atoms with E-state index in [0.717, 1.165) is 18.1 Å². The van der Waals surface area contributed by atoms with Crippen LogP contribution in [0, 0.1) is 10.1 Å². The molecule has 0 unspecified atom stereocenters. The minimum Gasteiger partial charge on any atom is -0.454 e. The predicted molar refractivity (Wildman–Crippen MR) is 104 cm³/mol. The molecule has 0 aromatic heterocycles. The smallest absolute Gasteiger partial charge is 0.340 e. The van der Waals surface area contributed by atoms with Crippen LogP contribution in [-0.2, 0) is 15.9 Å². The molecule has 0 fully saturated rings. The summed E-state index contributed by atoms with van der Waals surface area (Å²) in [6.07, 6.45) is 0.856. The number of rotatable bonds is 10. The number of anilines is 1. The fourth-order valence-electron chi connectivity index (χ4n) is 2.48. The number of aryl methyl sites for hydroxylation is 1. The van der Waals surface area contributed by atoms with Gasteiger partial charge in [0.25, 0.3) is 5.69 Å². The Kier molecular flexibility index (Phi) is 7.65. The highest BCUT2D eigenvalue weighted by atomic mass is 16.6. The molecule has 0 bridgehead atoms. The molecule has 0 saturated heterocycles. The van der Waals surface area contributed by atoms with Gasteiger partial charge in [0, 0.05) is 37.0 Å². The van der Waals surface area contributed by atoms with E-state index < -0.39 is 17.5 Å². The highest BCUT2D eigenvalue weighted by Gasteiger charge is 2.19. The van der Waals surface area contributed by atoms with Gasteiger partial charge in [0.15, 0.2) is 12.4 Å². The van der Waals surface area contributed by atoms with Gasteiger partial charge in [0.05, 0.1) is 17.1 Å². The summed E-state index contributed by atoms with van der Waals surface area (Å²) in [5, 5.41) is 14.0. The number of carbonyl (C=O) groups excluding carboxylic acids is 2. The number of nitrogens with one attached hydrogen (secondary N) is 1. The van der Waals surface area contributed by atoms with Gasteiger partial charge in [-0.05, 0) is 18.1 Å². The average molecular weight is 386 g/mol. The molecule has 0 aliphatic heterocycles. The SMILES string of the molecule is CCc1ccc(C(=O)COC(=O)c2cc([N+](=O)[O-])ccc2NCCOC)cc1. The van der Waals surface area contributed by atoms with E-state index in [1.165, 1.54) is 19.2 Å². The Morgan fingerprint density at radius 2 is 1.86 bits per heavy atom. The van der Waals surface area contributed by atoms with Crippen molar-refractivity contribution in [3.63, 3.8) is 0 Å². The van der Waals surface area contributed by atoms with Crippen molar-refractivity contribution < 1.29 is 24.0 Å². The van der Waals surface area contributed by atoms with E-state index in [4.69, 9.17) is 9.47 Å². The summed E-state index contributed by atoms with van der Waals surface area (Å²) in [7, 11) is 1.53. The fraction of sp³-hybridized carbons (Fsp3) is 0.300. The lowest BCUT2D eigenvalue weighted by atomic mass is 10.1. The number of benzene rings is 2. The Morgan fingerprint density at radius 3 is 2.46 bits per heavy atom. The number of carbonyl (C=O) groups is 2. The molecule has 2 rings (SSSR count). The number of non-ortho nitro benzene ring substituents is 1. The van der Waals surface area contributed by atoms with Crippen LogP contribution in [0.25, 0.3) is 0 Å². The molecule has 2 aromatic carbocycles. The zero-order valence-electron chi connectivity index (χ0n) is 15.8. The number of ether oxygens (including phenoxy) is 2. The van der Waals surface area contributed by atoms with Gasteiger partial charge in [-0.3, -0.25) is 14.9 Å². The normalized spacial score (nSPS) is 10.4.